The molecular formula is C17H22O. The molecule has 0 aromatic heterocycles. The quantitative estimate of drug-likeness (QED) is 0.756. The Morgan fingerprint density at radius 1 is 1.00 bits per heavy atom. The van der Waals surface area contributed by atoms with Crippen molar-refractivity contribution < 1.29 is 4.74 Å². The summed E-state index contributed by atoms with van der Waals surface area (Å²) in [6.07, 6.45) is 8.86. The van der Waals surface area contributed by atoms with E-state index < -0.39 is 0 Å². The molecule has 4 aliphatic carbocycles. The number of ether oxygens (including phenoxy) is 1. The van der Waals surface area contributed by atoms with Gasteiger partial charge in [0.25, 0.3) is 0 Å². The van der Waals surface area contributed by atoms with Crippen LogP contribution in [-0.4, -0.2) is 7.11 Å². The predicted octanol–water partition coefficient (Wildman–Crippen LogP) is 4.16. The van der Waals surface area contributed by atoms with Crippen molar-refractivity contribution in [1.82, 2.24) is 0 Å². The monoisotopic (exact) mass is 242 g/mol. The van der Waals surface area contributed by atoms with E-state index in [1.165, 1.54) is 38.5 Å². The van der Waals surface area contributed by atoms with Crippen LogP contribution in [0.1, 0.15) is 44.1 Å². The second-order valence-corrected chi connectivity index (χ2v) is 6.93. The van der Waals surface area contributed by atoms with Crippen LogP contribution < -0.4 is 4.74 Å². The van der Waals surface area contributed by atoms with E-state index in [9.17, 15) is 0 Å². The van der Waals surface area contributed by atoms with Crippen molar-refractivity contribution in [2.75, 3.05) is 7.11 Å². The molecule has 1 nitrogen and oxygen atoms in total. The zero-order chi connectivity index (χ0) is 12.2. The van der Waals surface area contributed by atoms with Crippen molar-refractivity contribution in [3.63, 3.8) is 0 Å². The van der Waals surface area contributed by atoms with E-state index in [0.29, 0.717) is 5.41 Å². The van der Waals surface area contributed by atoms with Gasteiger partial charge in [-0.1, -0.05) is 12.1 Å². The molecule has 0 spiro atoms. The van der Waals surface area contributed by atoms with E-state index in [0.717, 1.165) is 23.5 Å². The van der Waals surface area contributed by atoms with Gasteiger partial charge in [-0.15, -0.1) is 0 Å². The number of methoxy groups -OCH3 is 1. The number of rotatable bonds is 2. The molecule has 1 aromatic rings. The van der Waals surface area contributed by atoms with Gasteiger partial charge < -0.3 is 4.74 Å². The van der Waals surface area contributed by atoms with Crippen molar-refractivity contribution in [2.45, 2.75) is 43.9 Å². The van der Waals surface area contributed by atoms with Gasteiger partial charge in [0.05, 0.1) is 7.11 Å². The van der Waals surface area contributed by atoms with Gasteiger partial charge in [0.2, 0.25) is 0 Å². The molecule has 5 rings (SSSR count). The summed E-state index contributed by atoms with van der Waals surface area (Å²) in [4.78, 5) is 0. The van der Waals surface area contributed by atoms with E-state index >= 15 is 0 Å². The summed E-state index contributed by atoms with van der Waals surface area (Å²) in [5.41, 5.74) is 2.06. The summed E-state index contributed by atoms with van der Waals surface area (Å²) in [6.45, 7) is 0. The average Bonchev–Trinajstić information content (AvgIpc) is 2.37. The third kappa shape index (κ3) is 1.52. The van der Waals surface area contributed by atoms with E-state index in [4.69, 9.17) is 4.74 Å². The van der Waals surface area contributed by atoms with Crippen LogP contribution in [0.3, 0.4) is 0 Å². The molecule has 0 unspecified atom stereocenters. The van der Waals surface area contributed by atoms with Gasteiger partial charge in [0, 0.05) is 0 Å². The van der Waals surface area contributed by atoms with Gasteiger partial charge in [-0.2, -0.15) is 0 Å². The maximum atomic E-state index is 5.42. The minimum Gasteiger partial charge on any atom is -0.497 e. The number of benzene rings is 1. The van der Waals surface area contributed by atoms with Crippen LogP contribution in [0.15, 0.2) is 24.3 Å². The third-order valence-electron chi connectivity index (χ3n) is 5.72. The van der Waals surface area contributed by atoms with Crippen molar-refractivity contribution in [3.05, 3.63) is 29.8 Å². The Balaban J connectivity index is 1.74. The molecule has 4 aliphatic rings. The summed E-state index contributed by atoms with van der Waals surface area (Å²) in [5.74, 6) is 4.08. The van der Waals surface area contributed by atoms with Crippen LogP contribution in [0, 0.1) is 17.8 Å². The average molecular weight is 242 g/mol. The van der Waals surface area contributed by atoms with Gasteiger partial charge in [-0.3, -0.25) is 0 Å². The van der Waals surface area contributed by atoms with Crippen LogP contribution in [0.25, 0.3) is 0 Å². The minimum atomic E-state index is 0.503. The molecule has 1 aromatic carbocycles. The second-order valence-electron chi connectivity index (χ2n) is 6.93. The molecule has 0 heterocycles. The first-order valence-corrected chi connectivity index (χ1v) is 7.42. The van der Waals surface area contributed by atoms with Crippen molar-refractivity contribution in [1.29, 1.82) is 0 Å². The predicted molar refractivity (Wildman–Crippen MR) is 72.8 cm³/mol. The lowest BCUT2D eigenvalue weighted by atomic mass is 9.48. The molecule has 0 radical (unpaired) electrons. The summed E-state index contributed by atoms with van der Waals surface area (Å²) >= 11 is 0. The highest BCUT2D eigenvalue weighted by Crippen LogP contribution is 2.60. The molecule has 0 saturated heterocycles. The molecule has 0 N–H and O–H groups in total. The molecule has 4 fully saturated rings. The lowest BCUT2D eigenvalue weighted by molar-refractivity contribution is -0.00526. The maximum Gasteiger partial charge on any atom is 0.119 e. The Labute approximate surface area is 110 Å². The Morgan fingerprint density at radius 2 is 1.61 bits per heavy atom. The molecule has 96 valence electrons. The fraction of sp³-hybridized carbons (Fsp3) is 0.647. The molecular weight excluding hydrogens is 220 g/mol. The first-order chi connectivity index (χ1) is 8.77. The van der Waals surface area contributed by atoms with Gasteiger partial charge in [-0.25, -0.2) is 0 Å². The van der Waals surface area contributed by atoms with Crippen LogP contribution >= 0.6 is 0 Å². The topological polar surface area (TPSA) is 9.23 Å². The highest BCUT2D eigenvalue weighted by atomic mass is 16.5. The van der Waals surface area contributed by atoms with Gasteiger partial charge in [0.15, 0.2) is 0 Å². The Hall–Kier alpha value is -0.980. The number of hydrogen-bond donors (Lipinski definition) is 0. The Morgan fingerprint density at radius 3 is 2.17 bits per heavy atom. The van der Waals surface area contributed by atoms with Crippen LogP contribution in [0.2, 0.25) is 0 Å². The van der Waals surface area contributed by atoms with Crippen molar-refractivity contribution in [3.8, 4) is 5.75 Å². The van der Waals surface area contributed by atoms with E-state index in [2.05, 4.69) is 24.3 Å². The highest BCUT2D eigenvalue weighted by molar-refractivity contribution is 5.36. The molecule has 4 bridgehead atoms. The van der Waals surface area contributed by atoms with E-state index in [1.54, 1.807) is 12.7 Å². The third-order valence-corrected chi connectivity index (χ3v) is 5.72. The zero-order valence-corrected chi connectivity index (χ0v) is 11.2. The smallest absolute Gasteiger partial charge is 0.119 e. The summed E-state index contributed by atoms with van der Waals surface area (Å²) in [5, 5.41) is 0. The zero-order valence-electron chi connectivity index (χ0n) is 11.2. The van der Waals surface area contributed by atoms with Crippen LogP contribution in [0.4, 0.5) is 0 Å². The summed E-state index contributed by atoms with van der Waals surface area (Å²) in [7, 11) is 1.78. The first kappa shape index (κ1) is 10.9. The standard InChI is InChI=1S/C17H22O/c1-18-16-4-2-3-15(8-16)17-9-12-5-13(10-17)7-14(6-12)11-17/h2-4,8,12-14H,5-7,9-11H2,1H3. The Kier molecular flexibility index (Phi) is 2.27. The van der Waals surface area contributed by atoms with Crippen molar-refractivity contribution in [2.24, 2.45) is 17.8 Å². The lowest BCUT2D eigenvalue weighted by Crippen LogP contribution is -2.48. The number of hydrogen-bond acceptors (Lipinski definition) is 1. The van der Waals surface area contributed by atoms with Gasteiger partial charge >= 0.3 is 0 Å². The molecule has 0 amide bonds. The molecule has 0 aliphatic heterocycles. The summed E-state index contributed by atoms with van der Waals surface area (Å²) in [6, 6.07) is 8.89. The van der Waals surface area contributed by atoms with E-state index in [-0.39, 0.29) is 0 Å². The molecule has 1 heteroatoms. The fourth-order valence-corrected chi connectivity index (χ4v) is 5.42. The lowest BCUT2D eigenvalue weighted by Gasteiger charge is -2.57. The highest BCUT2D eigenvalue weighted by Gasteiger charge is 2.51. The van der Waals surface area contributed by atoms with E-state index in [1.807, 2.05) is 0 Å². The SMILES string of the molecule is COc1cccc(C23CC4CC(CC(C4)C2)C3)c1. The van der Waals surface area contributed by atoms with Crippen LogP contribution in [-0.2, 0) is 5.41 Å². The summed E-state index contributed by atoms with van der Waals surface area (Å²) < 4.78 is 5.42. The fourth-order valence-electron chi connectivity index (χ4n) is 5.42. The van der Waals surface area contributed by atoms with Crippen molar-refractivity contribution >= 4 is 0 Å². The second kappa shape index (κ2) is 3.76. The minimum absolute atomic E-state index is 0.503. The molecule has 18 heavy (non-hydrogen) atoms. The molecule has 0 atom stereocenters. The normalized spacial score (nSPS) is 41.1. The maximum absolute atomic E-state index is 5.42. The Bertz CT molecular complexity index is 427. The largest absolute Gasteiger partial charge is 0.497 e. The van der Waals surface area contributed by atoms with Gasteiger partial charge in [0.1, 0.15) is 5.75 Å². The van der Waals surface area contributed by atoms with Crippen LogP contribution in [0.5, 0.6) is 5.75 Å². The first-order valence-electron chi connectivity index (χ1n) is 7.42. The molecule has 4 saturated carbocycles. The van der Waals surface area contributed by atoms with Gasteiger partial charge in [-0.05, 0) is 79.4 Å².